The van der Waals surface area contributed by atoms with Crippen LogP contribution in [-0.4, -0.2) is 28.3 Å². The number of halogens is 1. The molecule has 1 aliphatic rings. The van der Waals surface area contributed by atoms with E-state index in [2.05, 4.69) is 42.8 Å². The van der Waals surface area contributed by atoms with Crippen LogP contribution in [0.2, 0.25) is 0 Å². The van der Waals surface area contributed by atoms with Crippen molar-refractivity contribution in [1.29, 1.82) is 0 Å². The maximum Gasteiger partial charge on any atom is 0.249 e. The second-order valence-electron chi connectivity index (χ2n) is 6.52. The molecule has 2 aromatic carbocycles. The third-order valence-electron chi connectivity index (χ3n) is 4.52. The number of piperidine rings is 1. The predicted octanol–water partition coefficient (Wildman–Crippen LogP) is 4.49. The summed E-state index contributed by atoms with van der Waals surface area (Å²) in [6.07, 6.45) is 5.41. The van der Waals surface area contributed by atoms with Crippen LogP contribution in [0.5, 0.6) is 0 Å². The molecule has 3 aromatic rings. The Morgan fingerprint density at radius 3 is 2.22 bits per heavy atom. The summed E-state index contributed by atoms with van der Waals surface area (Å²) < 4.78 is 13.0. The van der Waals surface area contributed by atoms with Gasteiger partial charge in [-0.25, -0.2) is 4.39 Å². The molecule has 0 aliphatic carbocycles. The summed E-state index contributed by atoms with van der Waals surface area (Å²) in [7, 11) is 0. The minimum absolute atomic E-state index is 0.289. The highest BCUT2D eigenvalue weighted by Gasteiger charge is 2.10. The fraction of sp³-hybridized carbons (Fsp3) is 0.250. The van der Waals surface area contributed by atoms with Gasteiger partial charge < -0.3 is 15.5 Å². The monoisotopic (exact) mass is 364 g/mol. The van der Waals surface area contributed by atoms with Crippen LogP contribution in [0, 0.1) is 5.82 Å². The molecule has 6 nitrogen and oxygen atoms in total. The van der Waals surface area contributed by atoms with E-state index in [-0.39, 0.29) is 5.82 Å². The summed E-state index contributed by atoms with van der Waals surface area (Å²) in [6.45, 7) is 2.25. The molecule has 138 valence electrons. The van der Waals surface area contributed by atoms with E-state index < -0.39 is 0 Å². The topological polar surface area (TPSA) is 66.0 Å². The molecule has 4 rings (SSSR count). The predicted molar refractivity (Wildman–Crippen MR) is 105 cm³/mol. The van der Waals surface area contributed by atoms with Gasteiger partial charge in [0.25, 0.3) is 0 Å². The van der Waals surface area contributed by atoms with E-state index in [4.69, 9.17) is 0 Å². The quantitative estimate of drug-likeness (QED) is 0.695. The zero-order valence-corrected chi connectivity index (χ0v) is 14.9. The Morgan fingerprint density at radius 2 is 1.48 bits per heavy atom. The molecule has 0 bridgehead atoms. The normalized spacial score (nSPS) is 14.0. The largest absolute Gasteiger partial charge is 0.372 e. The van der Waals surface area contributed by atoms with Gasteiger partial charge in [0, 0.05) is 30.2 Å². The number of aromatic nitrogens is 3. The lowest BCUT2D eigenvalue weighted by Gasteiger charge is -2.28. The number of rotatable bonds is 5. The SMILES string of the molecule is Fc1ccc(Nc2nncc(Nc3ccc(N4CCCCC4)cc3)n2)cc1. The molecular formula is C20H21FN6. The van der Waals surface area contributed by atoms with Crippen LogP contribution in [0.4, 0.5) is 33.2 Å². The molecule has 0 amide bonds. The van der Waals surface area contributed by atoms with Crippen molar-refractivity contribution >= 4 is 28.8 Å². The second-order valence-corrected chi connectivity index (χ2v) is 6.52. The highest BCUT2D eigenvalue weighted by atomic mass is 19.1. The van der Waals surface area contributed by atoms with Crippen molar-refractivity contribution < 1.29 is 4.39 Å². The molecule has 0 atom stereocenters. The molecule has 0 saturated carbocycles. The van der Waals surface area contributed by atoms with Crippen molar-refractivity contribution in [3.05, 3.63) is 60.5 Å². The first-order valence-electron chi connectivity index (χ1n) is 9.11. The molecule has 1 saturated heterocycles. The molecule has 0 spiro atoms. The Bertz CT molecular complexity index is 876. The first-order valence-corrected chi connectivity index (χ1v) is 9.11. The molecule has 27 heavy (non-hydrogen) atoms. The lowest BCUT2D eigenvalue weighted by atomic mass is 10.1. The van der Waals surface area contributed by atoms with Crippen molar-refractivity contribution in [3.8, 4) is 0 Å². The second kappa shape index (κ2) is 7.99. The summed E-state index contributed by atoms with van der Waals surface area (Å²) in [5.74, 6) is 0.639. The van der Waals surface area contributed by atoms with Gasteiger partial charge in [-0.3, -0.25) is 0 Å². The fourth-order valence-corrected chi connectivity index (χ4v) is 3.13. The summed E-state index contributed by atoms with van der Waals surface area (Å²) in [5, 5.41) is 14.2. The van der Waals surface area contributed by atoms with Gasteiger partial charge in [-0.15, -0.1) is 5.10 Å². The molecular weight excluding hydrogens is 343 g/mol. The zero-order valence-electron chi connectivity index (χ0n) is 14.9. The number of nitrogens with zero attached hydrogens (tertiary/aromatic N) is 4. The average molecular weight is 364 g/mol. The van der Waals surface area contributed by atoms with Gasteiger partial charge in [0.05, 0.1) is 6.20 Å². The Kier molecular flexibility index (Phi) is 5.09. The summed E-state index contributed by atoms with van der Waals surface area (Å²) >= 11 is 0. The highest BCUT2D eigenvalue weighted by Crippen LogP contribution is 2.23. The number of benzene rings is 2. The van der Waals surface area contributed by atoms with Crippen LogP contribution >= 0.6 is 0 Å². The molecule has 7 heteroatoms. The van der Waals surface area contributed by atoms with Gasteiger partial charge in [-0.2, -0.15) is 10.1 Å². The molecule has 2 N–H and O–H groups in total. The van der Waals surface area contributed by atoms with Crippen molar-refractivity contribution in [2.24, 2.45) is 0 Å². The maximum atomic E-state index is 13.0. The van der Waals surface area contributed by atoms with Crippen molar-refractivity contribution in [2.45, 2.75) is 19.3 Å². The van der Waals surface area contributed by atoms with Gasteiger partial charge in [0.1, 0.15) is 5.82 Å². The summed E-state index contributed by atoms with van der Waals surface area (Å²) in [6, 6.07) is 14.3. The van der Waals surface area contributed by atoms with Gasteiger partial charge in [0.15, 0.2) is 5.82 Å². The minimum atomic E-state index is -0.289. The van der Waals surface area contributed by atoms with E-state index in [1.165, 1.54) is 37.1 Å². The third kappa shape index (κ3) is 4.49. The Labute approximate surface area is 157 Å². The van der Waals surface area contributed by atoms with Gasteiger partial charge in [-0.1, -0.05) is 0 Å². The van der Waals surface area contributed by atoms with Crippen molar-refractivity contribution in [3.63, 3.8) is 0 Å². The molecule has 1 fully saturated rings. The van der Waals surface area contributed by atoms with E-state index in [0.29, 0.717) is 17.5 Å². The van der Waals surface area contributed by atoms with E-state index >= 15 is 0 Å². The fourth-order valence-electron chi connectivity index (χ4n) is 3.13. The summed E-state index contributed by atoms with van der Waals surface area (Å²) in [4.78, 5) is 6.82. The number of hydrogen-bond acceptors (Lipinski definition) is 6. The number of anilines is 5. The molecule has 0 unspecified atom stereocenters. The van der Waals surface area contributed by atoms with Gasteiger partial charge >= 0.3 is 0 Å². The molecule has 1 aromatic heterocycles. The number of hydrogen-bond donors (Lipinski definition) is 2. The van der Waals surface area contributed by atoms with Crippen LogP contribution < -0.4 is 15.5 Å². The maximum absolute atomic E-state index is 13.0. The third-order valence-corrected chi connectivity index (χ3v) is 4.52. The van der Waals surface area contributed by atoms with E-state index in [1.54, 1.807) is 18.3 Å². The minimum Gasteiger partial charge on any atom is -0.372 e. The van der Waals surface area contributed by atoms with E-state index in [9.17, 15) is 4.39 Å². The molecule has 1 aliphatic heterocycles. The smallest absolute Gasteiger partial charge is 0.249 e. The lowest BCUT2D eigenvalue weighted by Crippen LogP contribution is -2.29. The Balaban J connectivity index is 1.42. The number of nitrogens with one attached hydrogen (secondary N) is 2. The van der Waals surface area contributed by atoms with Crippen LogP contribution in [0.15, 0.2) is 54.7 Å². The van der Waals surface area contributed by atoms with E-state index in [1.807, 2.05) is 12.1 Å². The first kappa shape index (κ1) is 17.2. The molecule has 2 heterocycles. The average Bonchev–Trinajstić information content (AvgIpc) is 2.71. The first-order chi connectivity index (χ1) is 13.3. The van der Waals surface area contributed by atoms with Crippen LogP contribution in [0.25, 0.3) is 0 Å². The van der Waals surface area contributed by atoms with Crippen molar-refractivity contribution in [1.82, 2.24) is 15.2 Å². The Morgan fingerprint density at radius 1 is 0.815 bits per heavy atom. The van der Waals surface area contributed by atoms with E-state index in [0.717, 1.165) is 18.8 Å². The van der Waals surface area contributed by atoms with Gasteiger partial charge in [0.2, 0.25) is 5.95 Å². The van der Waals surface area contributed by atoms with Crippen LogP contribution in [0.1, 0.15) is 19.3 Å². The standard InChI is InChI=1S/C20H21FN6/c21-15-4-6-17(7-5-15)24-20-25-19(14-22-26-20)23-16-8-10-18(11-9-16)27-12-2-1-3-13-27/h4-11,14H,1-3,12-13H2,(H2,23,24,25,26). The summed E-state index contributed by atoms with van der Waals surface area (Å²) in [5.41, 5.74) is 2.88. The van der Waals surface area contributed by atoms with Crippen LogP contribution in [0.3, 0.4) is 0 Å². The Hall–Kier alpha value is -3.22. The van der Waals surface area contributed by atoms with Crippen LogP contribution in [-0.2, 0) is 0 Å². The van der Waals surface area contributed by atoms with Crippen molar-refractivity contribution in [2.75, 3.05) is 28.6 Å². The van der Waals surface area contributed by atoms with Gasteiger partial charge in [-0.05, 0) is 67.8 Å². The zero-order chi connectivity index (χ0) is 18.5. The molecule has 0 radical (unpaired) electrons. The lowest BCUT2D eigenvalue weighted by molar-refractivity contribution is 0.578. The highest BCUT2D eigenvalue weighted by molar-refractivity contribution is 5.61.